The van der Waals surface area contributed by atoms with Crippen LogP contribution in [0.1, 0.15) is 42.0 Å². The predicted molar refractivity (Wildman–Crippen MR) is 123 cm³/mol. The number of benzene rings is 3. The van der Waals surface area contributed by atoms with Gasteiger partial charge in [0.05, 0.1) is 12.5 Å². The van der Waals surface area contributed by atoms with Crippen molar-refractivity contribution in [2.24, 2.45) is 0 Å². The van der Waals surface area contributed by atoms with Crippen molar-refractivity contribution in [3.8, 4) is 0 Å². The van der Waals surface area contributed by atoms with Crippen molar-refractivity contribution in [1.82, 2.24) is 9.80 Å². The van der Waals surface area contributed by atoms with Crippen LogP contribution in [0.25, 0.3) is 10.8 Å². The van der Waals surface area contributed by atoms with Crippen LogP contribution in [-0.4, -0.2) is 41.9 Å². The Morgan fingerprint density at radius 2 is 1.70 bits per heavy atom. The van der Waals surface area contributed by atoms with Gasteiger partial charge in [0.15, 0.2) is 0 Å². The molecule has 1 fully saturated rings. The van der Waals surface area contributed by atoms with Gasteiger partial charge >= 0.3 is 0 Å². The van der Waals surface area contributed by atoms with Crippen molar-refractivity contribution in [3.05, 3.63) is 83.4 Å². The molecule has 3 aromatic rings. The van der Waals surface area contributed by atoms with E-state index in [-0.39, 0.29) is 11.9 Å². The van der Waals surface area contributed by atoms with E-state index in [1.165, 1.54) is 34.7 Å². The van der Waals surface area contributed by atoms with Crippen LogP contribution in [0.4, 0.5) is 0 Å². The molecule has 0 bridgehead atoms. The maximum atomic E-state index is 13.5. The number of carbonyl (C=O) groups excluding carboxylic acids is 1. The van der Waals surface area contributed by atoms with Gasteiger partial charge in [0.2, 0.25) is 5.91 Å². The number of likely N-dealkylation sites (tertiary alicyclic amines) is 1. The molecule has 5 rings (SSSR count). The monoisotopic (exact) mass is 398 g/mol. The third-order valence-corrected chi connectivity index (χ3v) is 7.09. The van der Waals surface area contributed by atoms with Crippen molar-refractivity contribution in [2.45, 2.75) is 44.2 Å². The molecule has 0 radical (unpaired) electrons. The van der Waals surface area contributed by atoms with Crippen LogP contribution in [0.2, 0.25) is 0 Å². The highest BCUT2D eigenvalue weighted by molar-refractivity contribution is 5.90. The first-order valence-corrected chi connectivity index (χ1v) is 11.3. The van der Waals surface area contributed by atoms with E-state index in [9.17, 15) is 4.79 Å². The molecule has 30 heavy (non-hydrogen) atoms. The molecule has 2 unspecified atom stereocenters. The largest absolute Gasteiger partial charge is 0.337 e. The Kier molecular flexibility index (Phi) is 5.30. The third kappa shape index (κ3) is 3.52. The molecule has 0 N–H and O–H groups in total. The summed E-state index contributed by atoms with van der Waals surface area (Å²) in [6, 6.07) is 23.9. The maximum absolute atomic E-state index is 13.5. The maximum Gasteiger partial charge on any atom is 0.227 e. The van der Waals surface area contributed by atoms with E-state index < -0.39 is 0 Å². The standard InChI is InChI=1S/C27H30N2O/c1-28(26(30)19-22-12-8-11-20-9-2-4-13-23(20)22)27-24-14-5-3-10-21(24)15-16-25(27)29-17-6-7-18-29/h2-5,8-14,25,27H,6-7,15-19H2,1H3. The number of amides is 1. The molecular weight excluding hydrogens is 368 g/mol. The topological polar surface area (TPSA) is 23.6 Å². The zero-order valence-electron chi connectivity index (χ0n) is 17.8. The highest BCUT2D eigenvalue weighted by Crippen LogP contribution is 2.38. The fourth-order valence-electron chi connectivity index (χ4n) is 5.53. The van der Waals surface area contributed by atoms with Crippen LogP contribution in [0.5, 0.6) is 0 Å². The second kappa shape index (κ2) is 8.23. The molecule has 1 aliphatic heterocycles. The number of hydrogen-bond donors (Lipinski definition) is 0. The molecule has 1 aliphatic carbocycles. The summed E-state index contributed by atoms with van der Waals surface area (Å²) in [7, 11) is 2.02. The van der Waals surface area contributed by atoms with Crippen LogP contribution in [0, 0.1) is 0 Å². The summed E-state index contributed by atoms with van der Waals surface area (Å²) >= 11 is 0. The SMILES string of the molecule is CN(C(=O)Cc1cccc2ccccc12)C1c2ccccc2CCC1N1CCCC1. The van der Waals surface area contributed by atoms with Crippen molar-refractivity contribution < 1.29 is 4.79 Å². The van der Waals surface area contributed by atoms with Gasteiger partial charge in [-0.15, -0.1) is 0 Å². The molecular formula is C27H30N2O. The number of carbonyl (C=O) groups is 1. The molecule has 1 saturated heterocycles. The van der Waals surface area contributed by atoms with Crippen LogP contribution in [0.3, 0.4) is 0 Å². The minimum Gasteiger partial charge on any atom is -0.337 e. The first-order valence-electron chi connectivity index (χ1n) is 11.3. The van der Waals surface area contributed by atoms with Crippen molar-refractivity contribution in [1.29, 1.82) is 0 Å². The zero-order valence-corrected chi connectivity index (χ0v) is 17.8. The summed E-state index contributed by atoms with van der Waals surface area (Å²) in [4.78, 5) is 18.2. The summed E-state index contributed by atoms with van der Waals surface area (Å²) in [6.45, 7) is 2.32. The van der Waals surface area contributed by atoms with Crippen molar-refractivity contribution in [3.63, 3.8) is 0 Å². The summed E-state index contributed by atoms with van der Waals surface area (Å²) in [6.07, 6.45) is 5.24. The van der Waals surface area contributed by atoms with Gasteiger partial charge in [0.25, 0.3) is 0 Å². The van der Waals surface area contributed by atoms with Crippen LogP contribution in [-0.2, 0) is 17.6 Å². The van der Waals surface area contributed by atoms with Crippen molar-refractivity contribution >= 4 is 16.7 Å². The van der Waals surface area contributed by atoms with Crippen molar-refractivity contribution in [2.75, 3.05) is 20.1 Å². The molecule has 2 atom stereocenters. The Labute approximate surface area is 179 Å². The van der Waals surface area contributed by atoms with Gasteiger partial charge in [0.1, 0.15) is 0 Å². The van der Waals surface area contributed by atoms with Gasteiger partial charge in [-0.2, -0.15) is 0 Å². The van der Waals surface area contributed by atoms with E-state index in [1.807, 2.05) is 11.9 Å². The lowest BCUT2D eigenvalue weighted by Crippen LogP contribution is -2.48. The summed E-state index contributed by atoms with van der Waals surface area (Å²) < 4.78 is 0. The Bertz CT molecular complexity index is 1050. The molecule has 0 saturated carbocycles. The second-order valence-corrected chi connectivity index (χ2v) is 8.81. The first kappa shape index (κ1) is 19.3. The van der Waals surface area contributed by atoms with Crippen LogP contribution in [0.15, 0.2) is 66.7 Å². The first-order chi connectivity index (χ1) is 14.7. The Hall–Kier alpha value is -2.65. The van der Waals surface area contributed by atoms with E-state index in [0.717, 1.165) is 31.5 Å². The molecule has 1 heterocycles. The lowest BCUT2D eigenvalue weighted by atomic mass is 9.82. The molecule has 3 heteroatoms. The Balaban J connectivity index is 1.46. The third-order valence-electron chi connectivity index (χ3n) is 7.09. The molecule has 0 spiro atoms. The van der Waals surface area contributed by atoms with Gasteiger partial charge in [-0.3, -0.25) is 9.69 Å². The smallest absolute Gasteiger partial charge is 0.227 e. The number of likely N-dealkylation sites (N-methyl/N-ethyl adjacent to an activating group) is 1. The molecule has 154 valence electrons. The highest BCUT2D eigenvalue weighted by Gasteiger charge is 2.38. The molecule has 3 nitrogen and oxygen atoms in total. The Morgan fingerprint density at radius 1 is 0.967 bits per heavy atom. The predicted octanol–water partition coefficient (Wildman–Crippen LogP) is 4.99. The van der Waals surface area contributed by atoms with Gasteiger partial charge < -0.3 is 4.90 Å². The average molecular weight is 399 g/mol. The number of nitrogens with zero attached hydrogens (tertiary/aromatic N) is 2. The lowest BCUT2D eigenvalue weighted by Gasteiger charge is -2.43. The number of rotatable bonds is 4. The van der Waals surface area contributed by atoms with Gasteiger partial charge in [-0.1, -0.05) is 66.7 Å². The summed E-state index contributed by atoms with van der Waals surface area (Å²) in [5.74, 6) is 0.206. The van der Waals surface area contributed by atoms with E-state index in [4.69, 9.17) is 0 Å². The zero-order chi connectivity index (χ0) is 20.5. The second-order valence-electron chi connectivity index (χ2n) is 8.81. The number of hydrogen-bond acceptors (Lipinski definition) is 2. The molecule has 2 aliphatic rings. The lowest BCUT2D eigenvalue weighted by molar-refractivity contribution is -0.133. The summed E-state index contributed by atoms with van der Waals surface area (Å²) in [5.41, 5.74) is 3.86. The van der Waals surface area contributed by atoms with Crippen LogP contribution >= 0.6 is 0 Å². The fraction of sp³-hybridized carbons (Fsp3) is 0.370. The van der Waals surface area contributed by atoms with E-state index in [1.54, 1.807) is 0 Å². The fourth-order valence-corrected chi connectivity index (χ4v) is 5.53. The summed E-state index contributed by atoms with van der Waals surface area (Å²) in [5, 5.41) is 2.38. The molecule has 1 amide bonds. The Morgan fingerprint density at radius 3 is 2.57 bits per heavy atom. The minimum absolute atomic E-state index is 0.135. The van der Waals surface area contributed by atoms with E-state index >= 15 is 0 Å². The van der Waals surface area contributed by atoms with Gasteiger partial charge in [0, 0.05) is 13.1 Å². The van der Waals surface area contributed by atoms with E-state index in [2.05, 4.69) is 71.6 Å². The number of fused-ring (bicyclic) bond motifs is 2. The normalized spacial score (nSPS) is 21.5. The van der Waals surface area contributed by atoms with E-state index in [0.29, 0.717) is 12.5 Å². The van der Waals surface area contributed by atoms with Crippen LogP contribution < -0.4 is 0 Å². The minimum atomic E-state index is 0.135. The molecule has 0 aromatic heterocycles. The van der Waals surface area contributed by atoms with Gasteiger partial charge in [-0.05, 0) is 66.2 Å². The average Bonchev–Trinajstić information content (AvgIpc) is 3.33. The van der Waals surface area contributed by atoms with Gasteiger partial charge in [-0.25, -0.2) is 0 Å². The highest BCUT2D eigenvalue weighted by atomic mass is 16.2. The molecule has 3 aromatic carbocycles. The quantitative estimate of drug-likeness (QED) is 0.618. The number of aryl methyl sites for hydroxylation is 1.